The van der Waals surface area contributed by atoms with Crippen molar-refractivity contribution in [1.82, 2.24) is 0 Å². The predicted octanol–water partition coefficient (Wildman–Crippen LogP) is 2.63. The molecular formula is C11H14ClNOS. The SMILES string of the molecule is CN1c2ccc(Cl)cc2SCC1CCO. The van der Waals surface area contributed by atoms with Crippen molar-refractivity contribution in [3.05, 3.63) is 23.2 Å². The quantitative estimate of drug-likeness (QED) is 0.864. The molecule has 0 saturated carbocycles. The molecule has 1 aliphatic heterocycles. The number of thioether (sulfide) groups is 1. The third-order valence-corrected chi connectivity index (χ3v) is 4.17. The average Bonchev–Trinajstić information content (AvgIpc) is 2.22. The second-order valence-electron chi connectivity index (χ2n) is 3.70. The number of hydrogen-bond donors (Lipinski definition) is 1. The molecule has 0 saturated heterocycles. The molecule has 1 aromatic rings. The molecule has 0 bridgehead atoms. The van der Waals surface area contributed by atoms with Gasteiger partial charge in [-0.2, -0.15) is 0 Å². The van der Waals surface area contributed by atoms with Gasteiger partial charge in [0.15, 0.2) is 0 Å². The van der Waals surface area contributed by atoms with Crippen molar-refractivity contribution in [2.24, 2.45) is 0 Å². The lowest BCUT2D eigenvalue weighted by Gasteiger charge is -2.35. The van der Waals surface area contributed by atoms with E-state index in [1.54, 1.807) is 0 Å². The largest absolute Gasteiger partial charge is 0.396 e. The minimum absolute atomic E-state index is 0.249. The normalized spacial score (nSPS) is 20.2. The lowest BCUT2D eigenvalue weighted by Crippen LogP contribution is -2.37. The number of fused-ring (bicyclic) bond motifs is 1. The summed E-state index contributed by atoms with van der Waals surface area (Å²) in [7, 11) is 2.08. The van der Waals surface area contributed by atoms with Gasteiger partial charge in [-0.1, -0.05) is 11.6 Å². The van der Waals surface area contributed by atoms with Gasteiger partial charge in [0.05, 0.1) is 5.69 Å². The summed E-state index contributed by atoms with van der Waals surface area (Å²) < 4.78 is 0. The number of aliphatic hydroxyl groups excluding tert-OH is 1. The molecule has 82 valence electrons. The van der Waals surface area contributed by atoms with Crippen LogP contribution < -0.4 is 4.90 Å². The van der Waals surface area contributed by atoms with Crippen LogP contribution in [0.4, 0.5) is 5.69 Å². The fraction of sp³-hybridized carbons (Fsp3) is 0.455. The van der Waals surface area contributed by atoms with Crippen molar-refractivity contribution in [2.75, 3.05) is 24.3 Å². The Labute approximate surface area is 99.2 Å². The maximum Gasteiger partial charge on any atom is 0.0505 e. The molecule has 2 nitrogen and oxygen atoms in total. The molecule has 1 aliphatic rings. The Bertz CT molecular complexity index is 358. The van der Waals surface area contributed by atoms with Gasteiger partial charge < -0.3 is 10.0 Å². The topological polar surface area (TPSA) is 23.5 Å². The van der Waals surface area contributed by atoms with Crippen LogP contribution in [0, 0.1) is 0 Å². The Morgan fingerprint density at radius 2 is 2.40 bits per heavy atom. The molecule has 0 radical (unpaired) electrons. The molecule has 15 heavy (non-hydrogen) atoms. The Morgan fingerprint density at radius 1 is 1.60 bits per heavy atom. The summed E-state index contributed by atoms with van der Waals surface area (Å²) in [6.07, 6.45) is 0.825. The van der Waals surface area contributed by atoms with Crippen LogP contribution >= 0.6 is 23.4 Å². The van der Waals surface area contributed by atoms with E-state index in [-0.39, 0.29) is 6.61 Å². The standard InChI is InChI=1S/C11H14ClNOS/c1-13-9(4-5-14)7-15-11-6-8(12)2-3-10(11)13/h2-3,6,9,14H,4-5,7H2,1H3. The highest BCUT2D eigenvalue weighted by atomic mass is 35.5. The number of aliphatic hydroxyl groups is 1. The number of nitrogens with zero attached hydrogens (tertiary/aromatic N) is 1. The summed E-state index contributed by atoms with van der Waals surface area (Å²) in [5.41, 5.74) is 1.22. The van der Waals surface area contributed by atoms with Gasteiger partial charge in [0, 0.05) is 35.4 Å². The highest BCUT2D eigenvalue weighted by molar-refractivity contribution is 7.99. The van der Waals surface area contributed by atoms with Crippen LogP contribution in [0.25, 0.3) is 0 Å². The van der Waals surface area contributed by atoms with E-state index in [2.05, 4.69) is 11.9 Å². The minimum atomic E-state index is 0.249. The van der Waals surface area contributed by atoms with Gasteiger partial charge >= 0.3 is 0 Å². The van der Waals surface area contributed by atoms with Crippen LogP contribution in [0.15, 0.2) is 23.1 Å². The fourth-order valence-electron chi connectivity index (χ4n) is 1.82. The number of hydrogen-bond acceptors (Lipinski definition) is 3. The molecule has 4 heteroatoms. The molecule has 1 aromatic carbocycles. The van der Waals surface area contributed by atoms with Crippen molar-refractivity contribution in [2.45, 2.75) is 17.4 Å². The molecule has 2 rings (SSSR count). The van der Waals surface area contributed by atoms with Gasteiger partial charge in [-0.05, 0) is 24.6 Å². The maximum atomic E-state index is 8.97. The first kappa shape index (κ1) is 11.1. The van der Waals surface area contributed by atoms with Crippen LogP contribution in [-0.2, 0) is 0 Å². The van der Waals surface area contributed by atoms with Gasteiger partial charge in [-0.25, -0.2) is 0 Å². The summed E-state index contributed by atoms with van der Waals surface area (Å²) >= 11 is 7.77. The van der Waals surface area contributed by atoms with Crippen LogP contribution in [0.5, 0.6) is 0 Å². The number of rotatable bonds is 2. The second kappa shape index (κ2) is 4.64. The number of halogens is 1. The molecule has 1 heterocycles. The third-order valence-electron chi connectivity index (χ3n) is 2.74. The van der Waals surface area contributed by atoms with Crippen LogP contribution in [0.1, 0.15) is 6.42 Å². The number of anilines is 1. The summed E-state index contributed by atoms with van der Waals surface area (Å²) in [6.45, 7) is 0.249. The second-order valence-corrected chi connectivity index (χ2v) is 5.20. The zero-order valence-electron chi connectivity index (χ0n) is 8.61. The van der Waals surface area contributed by atoms with Crippen LogP contribution in [0.2, 0.25) is 5.02 Å². The van der Waals surface area contributed by atoms with Crippen molar-refractivity contribution in [3.63, 3.8) is 0 Å². The van der Waals surface area contributed by atoms with Crippen molar-refractivity contribution in [1.29, 1.82) is 0 Å². The maximum absolute atomic E-state index is 8.97. The van der Waals surface area contributed by atoms with Crippen molar-refractivity contribution >= 4 is 29.1 Å². The highest BCUT2D eigenvalue weighted by Gasteiger charge is 2.23. The van der Waals surface area contributed by atoms with E-state index in [4.69, 9.17) is 16.7 Å². The monoisotopic (exact) mass is 243 g/mol. The first-order valence-corrected chi connectivity index (χ1v) is 6.35. The molecule has 1 unspecified atom stereocenters. The van der Waals surface area contributed by atoms with Gasteiger partial charge in [-0.15, -0.1) is 11.8 Å². The van der Waals surface area contributed by atoms with Crippen LogP contribution in [0.3, 0.4) is 0 Å². The van der Waals surface area contributed by atoms with Gasteiger partial charge in [0.25, 0.3) is 0 Å². The third kappa shape index (κ3) is 2.25. The van der Waals surface area contributed by atoms with Gasteiger partial charge in [0.2, 0.25) is 0 Å². The minimum Gasteiger partial charge on any atom is -0.396 e. The van der Waals surface area contributed by atoms with Gasteiger partial charge in [0.1, 0.15) is 0 Å². The summed E-state index contributed by atoms with van der Waals surface area (Å²) in [5, 5.41) is 9.76. The van der Waals surface area contributed by atoms with E-state index in [0.717, 1.165) is 17.2 Å². The van der Waals surface area contributed by atoms with Crippen LogP contribution in [-0.4, -0.2) is 30.6 Å². The van der Waals surface area contributed by atoms with E-state index >= 15 is 0 Å². The van der Waals surface area contributed by atoms with E-state index in [1.807, 2.05) is 30.0 Å². The fourth-order valence-corrected chi connectivity index (χ4v) is 3.38. The first-order valence-electron chi connectivity index (χ1n) is 4.98. The molecule has 0 fully saturated rings. The van der Waals surface area contributed by atoms with E-state index < -0.39 is 0 Å². The molecule has 0 amide bonds. The summed E-state index contributed by atoms with van der Waals surface area (Å²) in [6, 6.07) is 6.40. The lowest BCUT2D eigenvalue weighted by atomic mass is 10.2. The smallest absolute Gasteiger partial charge is 0.0505 e. The van der Waals surface area contributed by atoms with Crippen molar-refractivity contribution in [3.8, 4) is 0 Å². The van der Waals surface area contributed by atoms with Crippen molar-refractivity contribution < 1.29 is 5.11 Å². The summed E-state index contributed by atoms with van der Waals surface area (Å²) in [4.78, 5) is 3.47. The molecule has 0 spiro atoms. The van der Waals surface area contributed by atoms with E-state index in [1.165, 1.54) is 10.6 Å². The molecular weight excluding hydrogens is 230 g/mol. The Morgan fingerprint density at radius 3 is 3.13 bits per heavy atom. The van der Waals surface area contributed by atoms with E-state index in [9.17, 15) is 0 Å². The highest BCUT2D eigenvalue weighted by Crippen LogP contribution is 2.38. The zero-order valence-corrected chi connectivity index (χ0v) is 10.2. The average molecular weight is 244 g/mol. The Hall–Kier alpha value is -0.380. The molecule has 1 atom stereocenters. The predicted molar refractivity (Wildman–Crippen MR) is 66.1 cm³/mol. The molecule has 0 aliphatic carbocycles. The van der Waals surface area contributed by atoms with Gasteiger partial charge in [-0.3, -0.25) is 0 Å². The Balaban J connectivity index is 2.26. The first-order chi connectivity index (χ1) is 7.22. The molecule has 0 aromatic heterocycles. The Kier molecular flexibility index (Phi) is 3.44. The number of benzene rings is 1. The molecule has 1 N–H and O–H groups in total. The summed E-state index contributed by atoms with van der Waals surface area (Å²) in [5.74, 6) is 1.02. The lowest BCUT2D eigenvalue weighted by molar-refractivity contribution is 0.278. The van der Waals surface area contributed by atoms with E-state index in [0.29, 0.717) is 6.04 Å². The zero-order chi connectivity index (χ0) is 10.8.